The van der Waals surface area contributed by atoms with Gasteiger partial charge in [-0.3, -0.25) is 4.79 Å². The average Bonchev–Trinajstić information content (AvgIpc) is 2.26. The molecule has 9 heteroatoms. The number of carboxylic acids is 1. The molecule has 1 rings (SSSR count). The van der Waals surface area contributed by atoms with Crippen molar-refractivity contribution in [3.05, 3.63) is 35.4 Å². The van der Waals surface area contributed by atoms with Crippen molar-refractivity contribution in [2.75, 3.05) is 6.54 Å². The number of aliphatic carboxylic acids is 1. The van der Waals surface area contributed by atoms with Gasteiger partial charge in [0.25, 0.3) is 0 Å². The van der Waals surface area contributed by atoms with Crippen molar-refractivity contribution in [1.82, 2.24) is 4.72 Å². The molecule has 1 aromatic carbocycles. The Balaban J connectivity index is 2.75. The minimum Gasteiger partial charge on any atom is -0.481 e. The second-order valence-corrected chi connectivity index (χ2v) is 5.80. The van der Waals surface area contributed by atoms with E-state index in [-0.39, 0.29) is 12.1 Å². The fourth-order valence-electron chi connectivity index (χ4n) is 1.42. The number of benzene rings is 1. The molecule has 0 heterocycles. The largest absolute Gasteiger partial charge is 0.481 e. The van der Waals surface area contributed by atoms with Crippen LogP contribution in [-0.2, 0) is 26.7 Å². The lowest BCUT2D eigenvalue weighted by Gasteiger charge is -2.09. The Bertz CT molecular complexity index is 584. The number of rotatable bonds is 6. The van der Waals surface area contributed by atoms with E-state index in [1.807, 2.05) is 4.72 Å². The maximum absolute atomic E-state index is 12.5. The lowest BCUT2D eigenvalue weighted by molar-refractivity contribution is -0.138. The molecule has 0 saturated carbocycles. The first-order valence-electron chi connectivity index (χ1n) is 5.45. The minimum atomic E-state index is -4.55. The lowest BCUT2D eigenvalue weighted by atomic mass is 10.1. The third kappa shape index (κ3) is 5.57. The molecule has 0 aromatic heterocycles. The molecule has 20 heavy (non-hydrogen) atoms. The van der Waals surface area contributed by atoms with Crippen LogP contribution in [0.4, 0.5) is 13.2 Å². The molecule has 0 spiro atoms. The van der Waals surface area contributed by atoms with Gasteiger partial charge in [-0.25, -0.2) is 13.1 Å². The van der Waals surface area contributed by atoms with Crippen LogP contribution in [0.25, 0.3) is 0 Å². The standard InChI is InChI=1S/C11H12F3NO4S/c12-11(13,14)9-3-1-2-8(6-9)7-20(18,19)15-5-4-10(16)17/h1-3,6,15H,4-5,7H2,(H,16,17). The summed E-state index contributed by atoms with van der Waals surface area (Å²) in [4.78, 5) is 10.2. The molecule has 0 bridgehead atoms. The van der Waals surface area contributed by atoms with Crippen molar-refractivity contribution < 1.29 is 31.5 Å². The van der Waals surface area contributed by atoms with E-state index in [9.17, 15) is 26.4 Å². The molecule has 112 valence electrons. The molecular weight excluding hydrogens is 299 g/mol. The Morgan fingerprint density at radius 2 is 1.95 bits per heavy atom. The van der Waals surface area contributed by atoms with Gasteiger partial charge in [0.1, 0.15) is 0 Å². The van der Waals surface area contributed by atoms with E-state index in [0.29, 0.717) is 0 Å². The predicted molar refractivity (Wildman–Crippen MR) is 64.3 cm³/mol. The fourth-order valence-corrected chi connectivity index (χ4v) is 2.55. The van der Waals surface area contributed by atoms with Gasteiger partial charge in [-0.1, -0.05) is 18.2 Å². The Hall–Kier alpha value is -1.61. The first kappa shape index (κ1) is 16.4. The maximum atomic E-state index is 12.5. The zero-order chi connectivity index (χ0) is 15.4. The van der Waals surface area contributed by atoms with Crippen molar-refractivity contribution in [3.8, 4) is 0 Å². The summed E-state index contributed by atoms with van der Waals surface area (Å²) in [5, 5.41) is 8.37. The van der Waals surface area contributed by atoms with Crippen LogP contribution < -0.4 is 4.72 Å². The Morgan fingerprint density at radius 1 is 1.30 bits per heavy atom. The van der Waals surface area contributed by atoms with Crippen LogP contribution in [0.3, 0.4) is 0 Å². The molecule has 2 N–H and O–H groups in total. The van der Waals surface area contributed by atoms with Gasteiger partial charge in [-0.2, -0.15) is 13.2 Å². The Labute approximate surface area is 113 Å². The number of alkyl halides is 3. The Kier molecular flexibility index (Phi) is 5.12. The summed E-state index contributed by atoms with van der Waals surface area (Å²) >= 11 is 0. The van der Waals surface area contributed by atoms with Crippen molar-refractivity contribution >= 4 is 16.0 Å². The summed E-state index contributed by atoms with van der Waals surface area (Å²) in [5.74, 6) is -1.82. The fraction of sp³-hybridized carbons (Fsp3) is 0.364. The SMILES string of the molecule is O=C(O)CCNS(=O)(=O)Cc1cccc(C(F)(F)F)c1. The van der Waals surface area contributed by atoms with Gasteiger partial charge in [0, 0.05) is 6.54 Å². The summed E-state index contributed by atoms with van der Waals surface area (Å²) in [5.41, 5.74) is -0.960. The van der Waals surface area contributed by atoms with E-state index in [1.54, 1.807) is 0 Å². The third-order valence-electron chi connectivity index (χ3n) is 2.27. The summed E-state index contributed by atoms with van der Waals surface area (Å²) in [7, 11) is -3.87. The number of carboxylic acid groups (broad SMARTS) is 1. The lowest BCUT2D eigenvalue weighted by Crippen LogP contribution is -2.27. The first-order valence-corrected chi connectivity index (χ1v) is 7.11. The van der Waals surface area contributed by atoms with Crippen molar-refractivity contribution in [1.29, 1.82) is 0 Å². The monoisotopic (exact) mass is 311 g/mol. The topological polar surface area (TPSA) is 83.5 Å². The highest BCUT2D eigenvalue weighted by atomic mass is 32.2. The smallest absolute Gasteiger partial charge is 0.416 e. The molecule has 0 saturated heterocycles. The van der Waals surface area contributed by atoms with Crippen LogP contribution in [0.2, 0.25) is 0 Å². The number of halogens is 3. The van der Waals surface area contributed by atoms with Gasteiger partial charge in [-0.15, -0.1) is 0 Å². The van der Waals surface area contributed by atoms with Gasteiger partial charge in [0.15, 0.2) is 0 Å². The molecule has 0 aliphatic heterocycles. The van der Waals surface area contributed by atoms with Crippen molar-refractivity contribution in [3.63, 3.8) is 0 Å². The van der Waals surface area contributed by atoms with E-state index in [2.05, 4.69) is 0 Å². The summed E-state index contributed by atoms with van der Waals surface area (Å²) in [6, 6.07) is 3.96. The van der Waals surface area contributed by atoms with Crippen molar-refractivity contribution in [2.24, 2.45) is 0 Å². The van der Waals surface area contributed by atoms with Gasteiger partial charge in [0.05, 0.1) is 17.7 Å². The van der Waals surface area contributed by atoms with Crippen LogP contribution in [0, 0.1) is 0 Å². The molecule has 0 unspecified atom stereocenters. The maximum Gasteiger partial charge on any atom is 0.416 e. The zero-order valence-electron chi connectivity index (χ0n) is 10.1. The van der Waals surface area contributed by atoms with E-state index < -0.39 is 39.9 Å². The normalized spacial score (nSPS) is 12.3. The third-order valence-corrected chi connectivity index (χ3v) is 3.63. The molecular formula is C11H12F3NO4S. The molecule has 0 fully saturated rings. The number of carbonyl (C=O) groups is 1. The van der Waals surface area contributed by atoms with Gasteiger partial charge >= 0.3 is 12.1 Å². The molecule has 0 aliphatic carbocycles. The van der Waals surface area contributed by atoms with Crippen LogP contribution in [0.5, 0.6) is 0 Å². The quantitative estimate of drug-likeness (QED) is 0.836. The van der Waals surface area contributed by atoms with E-state index >= 15 is 0 Å². The average molecular weight is 311 g/mol. The van der Waals surface area contributed by atoms with Crippen molar-refractivity contribution in [2.45, 2.75) is 18.3 Å². The van der Waals surface area contributed by atoms with Gasteiger partial charge in [-0.05, 0) is 11.6 Å². The zero-order valence-corrected chi connectivity index (χ0v) is 11.0. The summed E-state index contributed by atoms with van der Waals surface area (Å²) < 4.78 is 62.5. The molecule has 5 nitrogen and oxygen atoms in total. The van der Waals surface area contributed by atoms with E-state index in [0.717, 1.165) is 18.2 Å². The van der Waals surface area contributed by atoms with Crippen LogP contribution >= 0.6 is 0 Å². The number of hydrogen-bond acceptors (Lipinski definition) is 3. The number of sulfonamides is 1. The highest BCUT2D eigenvalue weighted by molar-refractivity contribution is 7.88. The second-order valence-electron chi connectivity index (χ2n) is 4.00. The first-order chi connectivity index (χ1) is 9.10. The highest BCUT2D eigenvalue weighted by Gasteiger charge is 2.30. The van der Waals surface area contributed by atoms with Gasteiger partial charge in [0.2, 0.25) is 10.0 Å². The summed E-state index contributed by atoms with van der Waals surface area (Å²) in [6.07, 6.45) is -4.95. The molecule has 0 radical (unpaired) electrons. The van der Waals surface area contributed by atoms with E-state index in [1.165, 1.54) is 6.07 Å². The number of nitrogens with one attached hydrogen (secondary N) is 1. The second kappa shape index (κ2) is 6.23. The van der Waals surface area contributed by atoms with Crippen LogP contribution in [0.1, 0.15) is 17.5 Å². The summed E-state index contributed by atoms with van der Waals surface area (Å²) in [6.45, 7) is -0.309. The number of hydrogen-bond donors (Lipinski definition) is 2. The molecule has 1 aromatic rings. The van der Waals surface area contributed by atoms with Gasteiger partial charge < -0.3 is 5.11 Å². The molecule has 0 aliphatic rings. The Morgan fingerprint density at radius 3 is 2.50 bits per heavy atom. The predicted octanol–water partition coefficient (Wildman–Crippen LogP) is 1.60. The highest BCUT2D eigenvalue weighted by Crippen LogP contribution is 2.29. The molecule has 0 atom stereocenters. The van der Waals surface area contributed by atoms with Crippen LogP contribution in [0.15, 0.2) is 24.3 Å². The van der Waals surface area contributed by atoms with Crippen LogP contribution in [-0.4, -0.2) is 26.0 Å². The minimum absolute atomic E-state index is 0.0253. The van der Waals surface area contributed by atoms with E-state index in [4.69, 9.17) is 5.11 Å². The molecule has 0 amide bonds.